The van der Waals surface area contributed by atoms with Crippen molar-refractivity contribution >= 4 is 11.9 Å². The predicted octanol–water partition coefficient (Wildman–Crippen LogP) is 9.95. The number of aromatic amines is 1. The first-order valence-corrected chi connectivity index (χ1v) is 21.1. The van der Waals surface area contributed by atoms with E-state index >= 15 is 4.79 Å². The Morgan fingerprint density at radius 3 is 2.35 bits per heavy atom. The number of hydrogen-bond acceptors (Lipinski definition) is 5. The average Bonchev–Trinajstić information content (AvgIpc) is 3.50. The number of carbonyl (C=O) groups excluding carboxylic acids is 2. The molecule has 2 aromatic rings. The lowest BCUT2D eigenvalue weighted by molar-refractivity contribution is -0.251. The van der Waals surface area contributed by atoms with Gasteiger partial charge in [-0.1, -0.05) is 47.6 Å². The highest BCUT2D eigenvalue weighted by Crippen LogP contribution is 2.79. The molecule has 9 rings (SSSR count). The molecule has 52 heavy (non-hydrogen) atoms. The summed E-state index contributed by atoms with van der Waals surface area (Å²) in [5.74, 6) is 4.15. The molecule has 1 amide bonds. The zero-order chi connectivity index (χ0) is 36.5. The largest absolute Gasteiger partial charge is 0.462 e. The second-order valence-electron chi connectivity index (χ2n) is 20.7. The van der Waals surface area contributed by atoms with Crippen LogP contribution in [0, 0.1) is 62.1 Å². The minimum absolute atomic E-state index is 0.0105. The summed E-state index contributed by atoms with van der Waals surface area (Å²) < 4.78 is 6.01. The van der Waals surface area contributed by atoms with Crippen LogP contribution < -0.4 is 0 Å². The van der Waals surface area contributed by atoms with Crippen LogP contribution in [0.3, 0.4) is 0 Å². The lowest BCUT2D eigenvalue weighted by Gasteiger charge is -2.73. The molecule has 282 valence electrons. The van der Waals surface area contributed by atoms with Crippen molar-refractivity contribution in [1.29, 1.82) is 0 Å². The van der Waals surface area contributed by atoms with Crippen molar-refractivity contribution in [1.82, 2.24) is 19.9 Å². The Bertz CT molecular complexity index is 1730. The van der Waals surface area contributed by atoms with Crippen LogP contribution in [0.2, 0.25) is 0 Å². The smallest absolute Gasteiger partial charge is 0.302 e. The van der Waals surface area contributed by atoms with E-state index in [1.807, 2.05) is 30.6 Å². The summed E-state index contributed by atoms with van der Waals surface area (Å²) in [5.41, 5.74) is 2.63. The normalized spacial score (nSPS) is 44.2. The summed E-state index contributed by atoms with van der Waals surface area (Å²) in [7, 11) is 0. The molecule has 0 bridgehead atoms. The molecular formula is C45H64N4O3. The van der Waals surface area contributed by atoms with Crippen LogP contribution in [0.1, 0.15) is 150 Å². The van der Waals surface area contributed by atoms with Crippen LogP contribution in [0.4, 0.5) is 0 Å². The number of nitrogens with zero attached hydrogens (tertiary/aromatic N) is 3. The van der Waals surface area contributed by atoms with E-state index in [0.717, 1.165) is 62.3 Å². The van der Waals surface area contributed by atoms with Gasteiger partial charge >= 0.3 is 5.97 Å². The fourth-order valence-electron chi connectivity index (χ4n) is 15.4. The average molecular weight is 709 g/mol. The van der Waals surface area contributed by atoms with Crippen LogP contribution in [0.25, 0.3) is 11.4 Å². The van der Waals surface area contributed by atoms with E-state index in [-0.39, 0.29) is 45.2 Å². The van der Waals surface area contributed by atoms with Crippen LogP contribution >= 0.6 is 0 Å². The first kappa shape index (κ1) is 35.0. The number of likely N-dealkylation sites (tertiary alicyclic amines) is 1. The molecule has 1 saturated heterocycles. The third-order valence-electron chi connectivity index (χ3n) is 18.4. The Morgan fingerprint density at radius 2 is 1.62 bits per heavy atom. The Labute approximate surface area is 312 Å². The van der Waals surface area contributed by atoms with Crippen LogP contribution in [0.15, 0.2) is 30.6 Å². The van der Waals surface area contributed by atoms with Gasteiger partial charge in [0.15, 0.2) is 0 Å². The number of H-pyrrole nitrogens is 1. The number of nitrogens with one attached hydrogen (secondary N) is 1. The molecule has 7 fully saturated rings. The molecule has 7 heteroatoms. The third kappa shape index (κ3) is 4.74. The molecule has 1 N–H and O–H groups in total. The summed E-state index contributed by atoms with van der Waals surface area (Å²) in [6.45, 7) is 17.8. The van der Waals surface area contributed by atoms with E-state index in [1.54, 1.807) is 6.92 Å². The summed E-state index contributed by atoms with van der Waals surface area (Å²) in [6, 6.07) is 5.98. The highest BCUT2D eigenvalue weighted by Gasteiger charge is 2.74. The first-order valence-electron chi connectivity index (χ1n) is 21.1. The monoisotopic (exact) mass is 708 g/mol. The number of pyridine rings is 1. The number of amides is 1. The number of hydrogen-bond donors (Lipinski definition) is 1. The molecule has 3 heterocycles. The minimum atomic E-state index is -0.256. The fraction of sp³-hybridized carbons (Fsp3) is 0.778. The lowest BCUT2D eigenvalue weighted by Crippen LogP contribution is -2.67. The van der Waals surface area contributed by atoms with Gasteiger partial charge < -0.3 is 14.6 Å². The van der Waals surface area contributed by atoms with Gasteiger partial charge in [0, 0.05) is 25.1 Å². The maximum Gasteiger partial charge on any atom is 0.302 e. The van der Waals surface area contributed by atoms with Crippen molar-refractivity contribution in [2.45, 2.75) is 151 Å². The zero-order valence-electron chi connectivity index (χ0n) is 33.1. The Morgan fingerprint density at radius 1 is 0.808 bits per heavy atom. The molecule has 6 saturated carbocycles. The molecule has 0 aromatic carbocycles. The highest BCUT2D eigenvalue weighted by molar-refractivity contribution is 5.84. The topological polar surface area (TPSA) is 88.2 Å². The number of rotatable bonds is 5. The summed E-state index contributed by atoms with van der Waals surface area (Å²) in [5, 5.41) is 0. The quantitative estimate of drug-likeness (QED) is 0.313. The van der Waals surface area contributed by atoms with E-state index in [0.29, 0.717) is 40.9 Å². The van der Waals surface area contributed by atoms with Gasteiger partial charge in [0.25, 0.3) is 0 Å². The van der Waals surface area contributed by atoms with Gasteiger partial charge in [0.05, 0.1) is 29.0 Å². The molecule has 6 aliphatic carbocycles. The SMILES string of the molecule is CC(=O)O[C@H]1CC[C@@]2(C)C(CC[C@]3(C)C2CC[C@@H]2C4C(C5(C)CC5)CC[C@]4(C(=O)N4CCC[C@H]4c4ncc(-c5ccccn5)[nH]4)CC[C@]23C)C1(C)C. The summed E-state index contributed by atoms with van der Waals surface area (Å²) in [4.78, 5) is 43.0. The van der Waals surface area contributed by atoms with Crippen molar-refractivity contribution in [3.8, 4) is 11.4 Å². The minimum Gasteiger partial charge on any atom is -0.462 e. The van der Waals surface area contributed by atoms with Gasteiger partial charge in [0.2, 0.25) is 5.91 Å². The molecule has 7 aliphatic rings. The third-order valence-corrected chi connectivity index (χ3v) is 18.4. The first-order chi connectivity index (χ1) is 24.7. The number of carbonyl (C=O) groups is 2. The van der Waals surface area contributed by atoms with E-state index < -0.39 is 0 Å². The molecule has 1 aliphatic heterocycles. The Hall–Kier alpha value is -2.70. The van der Waals surface area contributed by atoms with Gasteiger partial charge in [-0.15, -0.1) is 0 Å². The predicted molar refractivity (Wildman–Crippen MR) is 203 cm³/mol. The van der Waals surface area contributed by atoms with Crippen LogP contribution in [0.5, 0.6) is 0 Å². The standard InChI is InChI=1S/C45H64N4O3/c1-28(50)52-36-17-18-42(5)34(40(36,2)3)16-19-44(7)35(42)14-13-30-37-29(41(4)21-22-41)15-20-45(37,24-23-43(30,44)6)39(51)49-26-10-12-33(49)38-47-27-32(48-38)31-11-8-9-25-46-31/h8-9,11,25,27,29-30,33-37H,10,12-24,26H2,1-7H3,(H,47,48)/t29?,30-,33+,34?,35?,36+,37?,42+,43-,44-,45+/m1/s1. The van der Waals surface area contributed by atoms with Gasteiger partial charge in [0.1, 0.15) is 11.9 Å². The van der Waals surface area contributed by atoms with E-state index in [9.17, 15) is 4.79 Å². The second-order valence-corrected chi connectivity index (χ2v) is 20.7. The fourth-order valence-corrected chi connectivity index (χ4v) is 15.4. The van der Waals surface area contributed by atoms with Gasteiger partial charge in [-0.2, -0.15) is 0 Å². The van der Waals surface area contributed by atoms with Crippen molar-refractivity contribution in [3.63, 3.8) is 0 Å². The molecule has 4 unspecified atom stereocenters. The number of aromatic nitrogens is 3. The number of ether oxygens (including phenoxy) is 1. The van der Waals surface area contributed by atoms with Crippen molar-refractivity contribution < 1.29 is 14.3 Å². The lowest BCUT2D eigenvalue weighted by atomic mass is 9.32. The van der Waals surface area contributed by atoms with E-state index in [2.05, 4.69) is 56.4 Å². The molecule has 7 nitrogen and oxygen atoms in total. The highest BCUT2D eigenvalue weighted by atomic mass is 16.5. The Balaban J connectivity index is 1.04. The summed E-state index contributed by atoms with van der Waals surface area (Å²) >= 11 is 0. The van der Waals surface area contributed by atoms with Crippen LogP contribution in [-0.4, -0.2) is 44.4 Å². The Kier molecular flexibility index (Phi) is 7.85. The maximum absolute atomic E-state index is 15.6. The van der Waals surface area contributed by atoms with Crippen LogP contribution in [-0.2, 0) is 14.3 Å². The molecular weight excluding hydrogens is 645 g/mol. The van der Waals surface area contributed by atoms with Crippen molar-refractivity contribution in [2.24, 2.45) is 62.1 Å². The van der Waals surface area contributed by atoms with Gasteiger partial charge in [-0.05, 0) is 153 Å². The molecule has 2 aromatic heterocycles. The molecule has 0 spiro atoms. The van der Waals surface area contributed by atoms with Crippen molar-refractivity contribution in [3.05, 3.63) is 36.4 Å². The second kappa shape index (κ2) is 11.7. The molecule has 0 radical (unpaired) electrons. The number of imidazole rings is 1. The maximum atomic E-state index is 15.6. The van der Waals surface area contributed by atoms with Gasteiger partial charge in [-0.3, -0.25) is 14.6 Å². The van der Waals surface area contributed by atoms with E-state index in [4.69, 9.17) is 9.72 Å². The number of esters is 1. The molecule has 11 atom stereocenters. The zero-order valence-corrected chi connectivity index (χ0v) is 33.1. The summed E-state index contributed by atoms with van der Waals surface area (Å²) in [6.07, 6.45) is 20.0. The van der Waals surface area contributed by atoms with Gasteiger partial charge in [-0.25, -0.2) is 4.98 Å². The van der Waals surface area contributed by atoms with E-state index in [1.165, 1.54) is 51.4 Å². The number of fused-ring (bicyclic) bond motifs is 7. The van der Waals surface area contributed by atoms with Crippen molar-refractivity contribution in [2.75, 3.05) is 6.54 Å².